The van der Waals surface area contributed by atoms with Gasteiger partial charge in [-0.3, -0.25) is 4.79 Å². The largest absolute Gasteiger partial charge is 0.497 e. The van der Waals surface area contributed by atoms with Crippen molar-refractivity contribution in [3.63, 3.8) is 0 Å². The number of ether oxygens (including phenoxy) is 1. The summed E-state index contributed by atoms with van der Waals surface area (Å²) in [5, 5.41) is 2.94. The third-order valence-electron chi connectivity index (χ3n) is 4.39. The van der Waals surface area contributed by atoms with E-state index >= 15 is 0 Å². The SMILES string of the molecule is COc1ccc(S(=O)(=O)N(C)CCCC(=O)N[C@H](C)c2ccccc2Br)cc1. The maximum Gasteiger partial charge on any atom is 0.242 e. The second-order valence-corrected chi connectivity index (χ2v) is 9.32. The van der Waals surface area contributed by atoms with E-state index in [1.54, 1.807) is 12.1 Å². The molecule has 0 unspecified atom stereocenters. The molecule has 0 aromatic heterocycles. The Bertz CT molecular complexity index is 901. The first-order valence-electron chi connectivity index (χ1n) is 8.90. The Morgan fingerprint density at radius 1 is 1.18 bits per heavy atom. The summed E-state index contributed by atoms with van der Waals surface area (Å²) in [5.74, 6) is 0.482. The highest BCUT2D eigenvalue weighted by Crippen LogP contribution is 2.23. The van der Waals surface area contributed by atoms with Crippen molar-refractivity contribution >= 4 is 31.9 Å². The number of amides is 1. The average molecular weight is 469 g/mol. The molecule has 0 bridgehead atoms. The zero-order valence-corrected chi connectivity index (χ0v) is 18.6. The number of hydrogen-bond acceptors (Lipinski definition) is 4. The molecule has 0 spiro atoms. The van der Waals surface area contributed by atoms with Gasteiger partial charge in [-0.25, -0.2) is 12.7 Å². The van der Waals surface area contributed by atoms with Gasteiger partial charge in [0.1, 0.15) is 5.75 Å². The van der Waals surface area contributed by atoms with Gasteiger partial charge in [-0.2, -0.15) is 0 Å². The highest BCUT2D eigenvalue weighted by atomic mass is 79.9. The molecule has 1 N–H and O–H groups in total. The summed E-state index contributed by atoms with van der Waals surface area (Å²) in [6.45, 7) is 2.17. The summed E-state index contributed by atoms with van der Waals surface area (Å²) in [7, 11) is -0.553. The molecule has 0 aliphatic carbocycles. The molecule has 8 heteroatoms. The van der Waals surface area contributed by atoms with Gasteiger partial charge in [0.15, 0.2) is 0 Å². The standard InChI is InChI=1S/C20H25BrN2O4S/c1-15(18-7-4-5-8-19(18)21)22-20(24)9-6-14-23(2)28(25,26)17-12-10-16(27-3)11-13-17/h4-5,7-8,10-13,15H,6,9,14H2,1-3H3,(H,22,24)/t15-/m1/s1. The third-order valence-corrected chi connectivity index (χ3v) is 6.99. The minimum absolute atomic E-state index is 0.113. The lowest BCUT2D eigenvalue weighted by Crippen LogP contribution is -2.30. The molecule has 6 nitrogen and oxygen atoms in total. The Kier molecular flexibility index (Phi) is 8.03. The molecule has 0 aliphatic rings. The zero-order valence-electron chi connectivity index (χ0n) is 16.2. The number of halogens is 1. The molecule has 2 aromatic rings. The molecule has 0 fully saturated rings. The van der Waals surface area contributed by atoms with E-state index in [9.17, 15) is 13.2 Å². The van der Waals surface area contributed by atoms with Crippen molar-refractivity contribution in [2.75, 3.05) is 20.7 Å². The highest BCUT2D eigenvalue weighted by molar-refractivity contribution is 9.10. The zero-order chi connectivity index (χ0) is 20.7. The minimum atomic E-state index is -3.59. The highest BCUT2D eigenvalue weighted by Gasteiger charge is 2.21. The predicted molar refractivity (Wildman–Crippen MR) is 113 cm³/mol. The van der Waals surface area contributed by atoms with Crippen LogP contribution < -0.4 is 10.1 Å². The number of hydrogen-bond donors (Lipinski definition) is 1. The van der Waals surface area contributed by atoms with Crippen LogP contribution in [0, 0.1) is 0 Å². The van der Waals surface area contributed by atoms with Crippen LogP contribution in [-0.2, 0) is 14.8 Å². The van der Waals surface area contributed by atoms with Crippen LogP contribution in [0.2, 0.25) is 0 Å². The first-order chi connectivity index (χ1) is 13.3. The lowest BCUT2D eigenvalue weighted by molar-refractivity contribution is -0.121. The third kappa shape index (κ3) is 5.80. The van der Waals surface area contributed by atoms with Crippen molar-refractivity contribution in [3.05, 3.63) is 58.6 Å². The maximum atomic E-state index is 12.6. The summed E-state index contributed by atoms with van der Waals surface area (Å²) in [4.78, 5) is 12.4. The Balaban J connectivity index is 1.86. The molecular weight excluding hydrogens is 444 g/mol. The number of nitrogens with one attached hydrogen (secondary N) is 1. The lowest BCUT2D eigenvalue weighted by atomic mass is 10.1. The van der Waals surface area contributed by atoms with E-state index in [0.717, 1.165) is 10.0 Å². The molecule has 1 amide bonds. The van der Waals surface area contributed by atoms with E-state index in [0.29, 0.717) is 12.2 Å². The Labute approximate surface area is 175 Å². The van der Waals surface area contributed by atoms with Crippen molar-refractivity contribution in [2.24, 2.45) is 0 Å². The molecule has 0 aliphatic heterocycles. The van der Waals surface area contributed by atoms with Crippen LogP contribution in [0.4, 0.5) is 0 Å². The molecule has 1 atom stereocenters. The van der Waals surface area contributed by atoms with Crippen molar-refractivity contribution in [1.82, 2.24) is 9.62 Å². The second-order valence-electron chi connectivity index (χ2n) is 6.42. The quantitative estimate of drug-likeness (QED) is 0.607. The molecule has 0 saturated heterocycles. The predicted octanol–water partition coefficient (Wildman–Crippen LogP) is 3.74. The molecular formula is C20H25BrN2O4S. The Morgan fingerprint density at radius 2 is 1.82 bits per heavy atom. The number of methoxy groups -OCH3 is 1. The summed E-state index contributed by atoms with van der Waals surface area (Å²) in [5.41, 5.74) is 0.995. The fraction of sp³-hybridized carbons (Fsp3) is 0.350. The summed E-state index contributed by atoms with van der Waals surface area (Å²) >= 11 is 3.48. The summed E-state index contributed by atoms with van der Waals surface area (Å²) in [6.07, 6.45) is 0.678. The van der Waals surface area contributed by atoms with Gasteiger partial charge >= 0.3 is 0 Å². The van der Waals surface area contributed by atoms with Crippen LogP contribution in [0.5, 0.6) is 5.75 Å². The van der Waals surface area contributed by atoms with E-state index in [2.05, 4.69) is 21.2 Å². The van der Waals surface area contributed by atoms with Gasteiger partial charge in [-0.05, 0) is 49.2 Å². The van der Waals surface area contributed by atoms with Gasteiger partial charge in [0, 0.05) is 24.5 Å². The molecule has 152 valence electrons. The van der Waals surface area contributed by atoms with Crippen LogP contribution in [0.1, 0.15) is 31.4 Å². The molecule has 0 radical (unpaired) electrons. The molecule has 28 heavy (non-hydrogen) atoms. The Hall–Kier alpha value is -1.90. The maximum absolute atomic E-state index is 12.6. The van der Waals surface area contributed by atoms with Gasteiger partial charge in [0.2, 0.25) is 15.9 Å². The number of carbonyl (C=O) groups is 1. The van der Waals surface area contributed by atoms with Crippen molar-refractivity contribution in [3.8, 4) is 5.75 Å². The van der Waals surface area contributed by atoms with Gasteiger partial charge in [0.25, 0.3) is 0 Å². The fourth-order valence-electron chi connectivity index (χ4n) is 2.73. The van der Waals surface area contributed by atoms with Crippen LogP contribution in [0.3, 0.4) is 0 Å². The number of rotatable bonds is 9. The van der Waals surface area contributed by atoms with Crippen LogP contribution in [-0.4, -0.2) is 39.3 Å². The summed E-state index contributed by atoms with van der Waals surface area (Å²) < 4.78 is 32.4. The lowest BCUT2D eigenvalue weighted by Gasteiger charge is -2.18. The first kappa shape index (κ1) is 22.4. The topological polar surface area (TPSA) is 75.7 Å². The second kappa shape index (κ2) is 10.0. The van der Waals surface area contributed by atoms with E-state index < -0.39 is 10.0 Å². The van der Waals surface area contributed by atoms with Crippen molar-refractivity contribution in [1.29, 1.82) is 0 Å². The molecule has 0 heterocycles. The van der Waals surface area contributed by atoms with Crippen LogP contribution in [0.15, 0.2) is 57.9 Å². The van der Waals surface area contributed by atoms with Gasteiger partial charge in [0.05, 0.1) is 18.0 Å². The van der Waals surface area contributed by atoms with E-state index in [4.69, 9.17) is 4.74 Å². The smallest absolute Gasteiger partial charge is 0.242 e. The van der Waals surface area contributed by atoms with Gasteiger partial charge in [-0.15, -0.1) is 0 Å². The van der Waals surface area contributed by atoms with Crippen LogP contribution in [0.25, 0.3) is 0 Å². The van der Waals surface area contributed by atoms with Crippen LogP contribution >= 0.6 is 15.9 Å². The van der Waals surface area contributed by atoms with Gasteiger partial charge in [-0.1, -0.05) is 34.1 Å². The number of benzene rings is 2. The molecule has 2 rings (SSSR count). The van der Waals surface area contributed by atoms with E-state index in [1.807, 2.05) is 31.2 Å². The summed E-state index contributed by atoms with van der Waals surface area (Å²) in [6, 6.07) is 13.8. The molecule has 2 aromatic carbocycles. The Morgan fingerprint density at radius 3 is 2.43 bits per heavy atom. The average Bonchev–Trinajstić information content (AvgIpc) is 2.68. The van der Waals surface area contributed by atoms with Crippen molar-refractivity contribution < 1.29 is 17.9 Å². The fourth-order valence-corrected chi connectivity index (χ4v) is 4.57. The number of nitrogens with zero attached hydrogens (tertiary/aromatic N) is 1. The minimum Gasteiger partial charge on any atom is -0.497 e. The first-order valence-corrected chi connectivity index (χ1v) is 11.1. The van der Waals surface area contributed by atoms with E-state index in [-0.39, 0.29) is 29.8 Å². The van der Waals surface area contributed by atoms with Gasteiger partial charge < -0.3 is 10.1 Å². The monoisotopic (exact) mass is 468 g/mol. The number of carbonyl (C=O) groups excluding carboxylic acids is 1. The van der Waals surface area contributed by atoms with Crippen molar-refractivity contribution in [2.45, 2.75) is 30.7 Å². The van der Waals surface area contributed by atoms with E-state index in [1.165, 1.54) is 30.6 Å². The number of sulfonamides is 1. The molecule has 0 saturated carbocycles. The normalized spacial score (nSPS) is 12.6.